The van der Waals surface area contributed by atoms with Gasteiger partial charge in [0.25, 0.3) is 0 Å². The van der Waals surface area contributed by atoms with Crippen LogP contribution in [-0.2, 0) is 0 Å². The van der Waals surface area contributed by atoms with Crippen LogP contribution < -0.4 is 5.32 Å². The first-order chi connectivity index (χ1) is 12.8. The fourth-order valence-corrected chi connectivity index (χ4v) is 3.59. The van der Waals surface area contributed by atoms with Crippen LogP contribution in [0.4, 0.5) is 5.69 Å². The van der Waals surface area contributed by atoms with Crippen LogP contribution in [0.25, 0.3) is 10.8 Å². The summed E-state index contributed by atoms with van der Waals surface area (Å²) in [6, 6.07) is 14.9. The number of rotatable bonds is 11. The lowest BCUT2D eigenvalue weighted by molar-refractivity contribution is 0.391. The van der Waals surface area contributed by atoms with Crippen molar-refractivity contribution < 1.29 is 0 Å². The molecule has 0 heterocycles. The second kappa shape index (κ2) is 11.9. The van der Waals surface area contributed by atoms with Crippen LogP contribution >= 0.6 is 12.2 Å². The van der Waals surface area contributed by atoms with Gasteiger partial charge >= 0.3 is 0 Å². The summed E-state index contributed by atoms with van der Waals surface area (Å²) < 4.78 is 0. The van der Waals surface area contributed by atoms with E-state index in [9.17, 15) is 0 Å². The zero-order valence-electron chi connectivity index (χ0n) is 16.5. The molecule has 0 amide bonds. The van der Waals surface area contributed by atoms with Gasteiger partial charge in [-0.15, -0.1) is 0 Å². The number of benzene rings is 2. The number of hydrogen-bond donors (Lipinski definition) is 1. The van der Waals surface area contributed by atoms with Crippen LogP contribution in [-0.4, -0.2) is 23.1 Å². The van der Waals surface area contributed by atoms with E-state index in [4.69, 9.17) is 12.2 Å². The Labute approximate surface area is 165 Å². The van der Waals surface area contributed by atoms with Crippen LogP contribution in [0.2, 0.25) is 0 Å². The van der Waals surface area contributed by atoms with Crippen molar-refractivity contribution in [1.82, 2.24) is 4.90 Å². The lowest BCUT2D eigenvalue weighted by Crippen LogP contribution is -2.36. The van der Waals surface area contributed by atoms with E-state index in [2.05, 4.69) is 66.5 Å². The topological polar surface area (TPSA) is 15.3 Å². The first-order valence-corrected chi connectivity index (χ1v) is 10.7. The number of unbranched alkanes of at least 4 members (excludes halogenated alkanes) is 6. The number of nitrogens with zero attached hydrogens (tertiary/aromatic N) is 1. The number of nitrogens with one attached hydrogen (secondary N) is 1. The monoisotopic (exact) mass is 370 g/mol. The Hall–Kier alpha value is -1.61. The van der Waals surface area contributed by atoms with Crippen LogP contribution in [0.5, 0.6) is 0 Å². The third-order valence-corrected chi connectivity index (χ3v) is 5.24. The Morgan fingerprint density at radius 1 is 0.808 bits per heavy atom. The van der Waals surface area contributed by atoms with E-state index >= 15 is 0 Å². The maximum absolute atomic E-state index is 5.79. The van der Waals surface area contributed by atoms with Crippen LogP contribution in [0, 0.1) is 0 Å². The summed E-state index contributed by atoms with van der Waals surface area (Å²) >= 11 is 5.79. The summed E-state index contributed by atoms with van der Waals surface area (Å²) in [4.78, 5) is 2.38. The van der Waals surface area contributed by atoms with Gasteiger partial charge in [0.1, 0.15) is 0 Å². The smallest absolute Gasteiger partial charge is 0.173 e. The van der Waals surface area contributed by atoms with Crippen LogP contribution in [0.15, 0.2) is 42.5 Å². The maximum Gasteiger partial charge on any atom is 0.173 e. The van der Waals surface area contributed by atoms with Crippen LogP contribution in [0.3, 0.4) is 0 Å². The molecule has 0 spiro atoms. The van der Waals surface area contributed by atoms with Crippen molar-refractivity contribution in [2.45, 2.75) is 65.2 Å². The average Bonchev–Trinajstić information content (AvgIpc) is 2.67. The summed E-state index contributed by atoms with van der Waals surface area (Å²) in [6.45, 7) is 6.63. The highest BCUT2D eigenvalue weighted by molar-refractivity contribution is 7.80. The summed E-state index contributed by atoms with van der Waals surface area (Å²) in [5.41, 5.74) is 1.11. The predicted octanol–water partition coefficient (Wildman–Crippen LogP) is 7.00. The largest absolute Gasteiger partial charge is 0.349 e. The van der Waals surface area contributed by atoms with Gasteiger partial charge in [-0.05, 0) is 36.5 Å². The molecule has 0 unspecified atom stereocenters. The molecule has 0 atom stereocenters. The zero-order valence-corrected chi connectivity index (χ0v) is 17.3. The molecule has 0 radical (unpaired) electrons. The molecule has 1 N–H and O–H groups in total. The molecule has 3 heteroatoms. The van der Waals surface area contributed by atoms with Crippen molar-refractivity contribution in [3.63, 3.8) is 0 Å². The third-order valence-electron chi connectivity index (χ3n) is 4.88. The highest BCUT2D eigenvalue weighted by Gasteiger charge is 2.11. The van der Waals surface area contributed by atoms with Crippen molar-refractivity contribution in [3.8, 4) is 0 Å². The minimum Gasteiger partial charge on any atom is -0.349 e. The van der Waals surface area contributed by atoms with Gasteiger partial charge in [-0.3, -0.25) is 0 Å². The number of thiocarbonyl (C=S) groups is 1. The van der Waals surface area contributed by atoms with Gasteiger partial charge in [0, 0.05) is 24.2 Å². The van der Waals surface area contributed by atoms with Gasteiger partial charge in [0.2, 0.25) is 0 Å². The molecule has 2 nitrogen and oxygen atoms in total. The first-order valence-electron chi connectivity index (χ1n) is 10.3. The summed E-state index contributed by atoms with van der Waals surface area (Å²) in [5.74, 6) is 0. The van der Waals surface area contributed by atoms with Crippen LogP contribution in [0.1, 0.15) is 65.2 Å². The molecular formula is C23H34N2S. The van der Waals surface area contributed by atoms with E-state index in [1.54, 1.807) is 0 Å². The van der Waals surface area contributed by atoms with Gasteiger partial charge in [0.15, 0.2) is 5.11 Å². The summed E-state index contributed by atoms with van der Waals surface area (Å²) in [6.07, 6.45) is 10.2. The van der Waals surface area contributed by atoms with Gasteiger partial charge in [-0.1, -0.05) is 88.8 Å². The SMILES string of the molecule is CCCCCCN(CCCCCC)C(=S)Nc1cccc2ccccc12. The van der Waals surface area contributed by atoms with Gasteiger partial charge in [-0.2, -0.15) is 0 Å². The zero-order chi connectivity index (χ0) is 18.6. The van der Waals surface area contributed by atoms with Gasteiger partial charge in [-0.25, -0.2) is 0 Å². The minimum absolute atomic E-state index is 0.870. The normalized spacial score (nSPS) is 10.8. The first kappa shape index (κ1) is 20.7. The van der Waals surface area contributed by atoms with Crippen molar-refractivity contribution in [2.24, 2.45) is 0 Å². The van der Waals surface area contributed by atoms with E-state index in [0.717, 1.165) is 23.9 Å². The van der Waals surface area contributed by atoms with E-state index in [0.29, 0.717) is 0 Å². The highest BCUT2D eigenvalue weighted by Crippen LogP contribution is 2.23. The lowest BCUT2D eigenvalue weighted by Gasteiger charge is -2.26. The third kappa shape index (κ3) is 6.60. The summed E-state index contributed by atoms with van der Waals surface area (Å²) in [7, 11) is 0. The average molecular weight is 371 g/mol. The Kier molecular flexibility index (Phi) is 9.47. The molecule has 0 aromatic heterocycles. The Morgan fingerprint density at radius 3 is 2.08 bits per heavy atom. The Morgan fingerprint density at radius 2 is 1.42 bits per heavy atom. The maximum atomic E-state index is 5.79. The second-order valence-electron chi connectivity index (χ2n) is 7.07. The molecule has 0 bridgehead atoms. The molecule has 0 fully saturated rings. The molecule has 26 heavy (non-hydrogen) atoms. The van der Waals surface area contributed by atoms with Crippen molar-refractivity contribution in [2.75, 3.05) is 18.4 Å². The molecular weight excluding hydrogens is 336 g/mol. The second-order valence-corrected chi connectivity index (χ2v) is 7.45. The Bertz CT molecular complexity index is 651. The van der Waals surface area contributed by atoms with Gasteiger partial charge in [0.05, 0.1) is 0 Å². The molecule has 0 aliphatic carbocycles. The molecule has 142 valence electrons. The minimum atomic E-state index is 0.870. The molecule has 2 aromatic carbocycles. The highest BCUT2D eigenvalue weighted by atomic mass is 32.1. The number of anilines is 1. The lowest BCUT2D eigenvalue weighted by atomic mass is 10.1. The molecule has 0 saturated carbocycles. The standard InChI is InChI=1S/C23H34N2S/c1-3-5-7-11-18-25(19-12-8-6-4-2)23(26)24-22-17-13-15-20-14-9-10-16-21(20)22/h9-10,13-17H,3-8,11-12,18-19H2,1-2H3,(H,24,26). The molecule has 0 saturated heterocycles. The molecule has 2 rings (SSSR count). The number of hydrogen-bond acceptors (Lipinski definition) is 1. The fraction of sp³-hybridized carbons (Fsp3) is 0.522. The van der Waals surface area contributed by atoms with Crippen molar-refractivity contribution >= 4 is 33.8 Å². The Balaban J connectivity index is 2.00. The van der Waals surface area contributed by atoms with E-state index in [1.807, 2.05) is 0 Å². The molecule has 0 aliphatic heterocycles. The fourth-order valence-electron chi connectivity index (χ4n) is 3.30. The molecule has 2 aromatic rings. The predicted molar refractivity (Wildman–Crippen MR) is 120 cm³/mol. The van der Waals surface area contributed by atoms with E-state index < -0.39 is 0 Å². The molecule has 0 aliphatic rings. The van der Waals surface area contributed by atoms with Crippen molar-refractivity contribution in [3.05, 3.63) is 42.5 Å². The van der Waals surface area contributed by atoms with E-state index in [-0.39, 0.29) is 0 Å². The van der Waals surface area contributed by atoms with Gasteiger partial charge < -0.3 is 10.2 Å². The van der Waals surface area contributed by atoms with E-state index in [1.165, 1.54) is 62.1 Å². The summed E-state index contributed by atoms with van der Waals surface area (Å²) in [5, 5.41) is 6.87. The quantitative estimate of drug-likeness (QED) is 0.338. The number of fused-ring (bicyclic) bond motifs is 1. The van der Waals surface area contributed by atoms with Crippen molar-refractivity contribution in [1.29, 1.82) is 0 Å².